The number of imidazole rings is 1. The fourth-order valence-electron chi connectivity index (χ4n) is 3.61. The highest BCUT2D eigenvalue weighted by atomic mass is 79.9. The van der Waals surface area contributed by atoms with Crippen molar-refractivity contribution in [3.8, 4) is 11.3 Å². The van der Waals surface area contributed by atoms with E-state index < -0.39 is 36.6 Å². The molecule has 158 valence electrons. The SMILES string of the molecule is CC(C)(C)OC(=O)N1CC(F)(F)C[C@H]1c1ncc(-c2ccc3cc(Br)ccc3c2)[nH]1. The molecule has 1 amide bonds. The number of H-pyrrole nitrogens is 1. The maximum absolute atomic E-state index is 14.2. The van der Waals surface area contributed by atoms with Crippen molar-refractivity contribution in [3.63, 3.8) is 0 Å². The summed E-state index contributed by atoms with van der Waals surface area (Å²) >= 11 is 3.46. The molecule has 3 aromatic rings. The van der Waals surface area contributed by atoms with Crippen LogP contribution in [0.3, 0.4) is 0 Å². The average Bonchev–Trinajstić information content (AvgIpc) is 3.24. The van der Waals surface area contributed by atoms with Gasteiger partial charge in [0, 0.05) is 16.5 Å². The van der Waals surface area contributed by atoms with E-state index in [1.165, 1.54) is 0 Å². The van der Waals surface area contributed by atoms with Crippen LogP contribution in [0.2, 0.25) is 0 Å². The van der Waals surface area contributed by atoms with E-state index in [-0.39, 0.29) is 0 Å². The largest absolute Gasteiger partial charge is 0.444 e. The molecule has 4 rings (SSSR count). The third-order valence-corrected chi connectivity index (χ3v) is 5.42. The summed E-state index contributed by atoms with van der Waals surface area (Å²) in [6.45, 7) is 4.43. The Bertz CT molecular complexity index is 1110. The normalized spacial score (nSPS) is 18.7. The number of carbonyl (C=O) groups excluding carboxylic acids is 1. The molecule has 30 heavy (non-hydrogen) atoms. The number of alkyl halides is 2. The predicted octanol–water partition coefficient (Wildman–Crippen LogP) is 6.31. The van der Waals surface area contributed by atoms with Crippen molar-refractivity contribution in [1.29, 1.82) is 0 Å². The molecule has 1 aliphatic rings. The van der Waals surface area contributed by atoms with Crippen molar-refractivity contribution >= 4 is 32.8 Å². The summed E-state index contributed by atoms with van der Waals surface area (Å²) in [5.41, 5.74) is 0.819. The Kier molecular flexibility index (Phi) is 5.08. The minimum atomic E-state index is -3.00. The summed E-state index contributed by atoms with van der Waals surface area (Å²) in [6.07, 6.45) is 0.350. The van der Waals surface area contributed by atoms with Gasteiger partial charge in [0.25, 0.3) is 5.92 Å². The van der Waals surface area contributed by atoms with Crippen molar-refractivity contribution in [2.24, 2.45) is 0 Å². The summed E-state index contributed by atoms with van der Waals surface area (Å²) in [5.74, 6) is -2.67. The van der Waals surface area contributed by atoms with Crippen LogP contribution in [0.5, 0.6) is 0 Å². The summed E-state index contributed by atoms with van der Waals surface area (Å²) in [4.78, 5) is 21.0. The van der Waals surface area contributed by atoms with E-state index >= 15 is 0 Å². The molecule has 1 saturated heterocycles. The molecule has 1 aromatic heterocycles. The van der Waals surface area contributed by atoms with Gasteiger partial charge < -0.3 is 9.72 Å². The van der Waals surface area contributed by atoms with Crippen LogP contribution in [-0.4, -0.2) is 39.0 Å². The zero-order valence-corrected chi connectivity index (χ0v) is 18.5. The van der Waals surface area contributed by atoms with Crippen LogP contribution in [0.25, 0.3) is 22.0 Å². The van der Waals surface area contributed by atoms with E-state index in [9.17, 15) is 13.6 Å². The maximum Gasteiger partial charge on any atom is 0.411 e. The number of fused-ring (bicyclic) bond motifs is 1. The van der Waals surface area contributed by atoms with Crippen LogP contribution in [0.4, 0.5) is 13.6 Å². The minimum absolute atomic E-state index is 0.323. The molecule has 1 aliphatic heterocycles. The zero-order valence-electron chi connectivity index (χ0n) is 16.9. The highest BCUT2D eigenvalue weighted by molar-refractivity contribution is 9.10. The Hall–Kier alpha value is -2.48. The number of benzene rings is 2. The summed E-state index contributed by atoms with van der Waals surface area (Å²) in [6, 6.07) is 11.1. The van der Waals surface area contributed by atoms with Gasteiger partial charge >= 0.3 is 6.09 Å². The second-order valence-corrected chi connectivity index (χ2v) is 9.49. The number of ether oxygens (including phenoxy) is 1. The van der Waals surface area contributed by atoms with Gasteiger partial charge in [-0.25, -0.2) is 18.6 Å². The number of halogens is 3. The molecule has 5 nitrogen and oxygen atoms in total. The van der Waals surface area contributed by atoms with Crippen LogP contribution in [0.1, 0.15) is 39.1 Å². The lowest BCUT2D eigenvalue weighted by atomic mass is 10.1. The number of nitrogens with one attached hydrogen (secondary N) is 1. The molecule has 2 heterocycles. The standard InChI is InChI=1S/C22H22BrF2N3O2/c1-21(2,3)30-20(29)28-12-22(24,25)10-18(28)19-26-11-17(27-19)15-5-4-14-9-16(23)7-6-13(14)8-15/h4-9,11,18H,10,12H2,1-3H3,(H,26,27)/t18-/m0/s1. The van der Waals surface area contributed by atoms with Gasteiger partial charge in [0.1, 0.15) is 11.4 Å². The van der Waals surface area contributed by atoms with Gasteiger partial charge in [0.05, 0.1) is 24.5 Å². The number of nitrogens with zero attached hydrogens (tertiary/aromatic N) is 2. The average molecular weight is 478 g/mol. The topological polar surface area (TPSA) is 58.2 Å². The molecular weight excluding hydrogens is 456 g/mol. The second-order valence-electron chi connectivity index (χ2n) is 8.57. The third kappa shape index (κ3) is 4.33. The van der Waals surface area contributed by atoms with Crippen molar-refractivity contribution < 1.29 is 18.3 Å². The Morgan fingerprint density at radius 3 is 2.67 bits per heavy atom. The van der Waals surface area contributed by atoms with Crippen molar-refractivity contribution in [2.45, 2.75) is 44.8 Å². The van der Waals surface area contributed by atoms with E-state index in [1.54, 1.807) is 27.0 Å². The zero-order chi connectivity index (χ0) is 21.7. The van der Waals surface area contributed by atoms with Crippen LogP contribution in [0.15, 0.2) is 47.1 Å². The minimum Gasteiger partial charge on any atom is -0.444 e. The lowest BCUT2D eigenvalue weighted by Gasteiger charge is -2.27. The molecule has 0 unspecified atom stereocenters. The molecule has 1 N–H and O–H groups in total. The first-order chi connectivity index (χ1) is 14.0. The molecule has 0 radical (unpaired) electrons. The number of carbonyl (C=O) groups is 1. The number of hydrogen-bond acceptors (Lipinski definition) is 3. The van der Waals surface area contributed by atoms with Gasteiger partial charge in [0.2, 0.25) is 0 Å². The Balaban J connectivity index is 1.63. The van der Waals surface area contributed by atoms with E-state index in [4.69, 9.17) is 4.74 Å². The first-order valence-corrected chi connectivity index (χ1v) is 10.4. The van der Waals surface area contributed by atoms with Gasteiger partial charge in [-0.3, -0.25) is 4.90 Å². The highest BCUT2D eigenvalue weighted by Crippen LogP contribution is 2.41. The number of aromatic amines is 1. The van der Waals surface area contributed by atoms with E-state index in [2.05, 4.69) is 25.9 Å². The van der Waals surface area contributed by atoms with Crippen molar-refractivity contribution in [3.05, 3.63) is 52.9 Å². The fraction of sp³-hybridized carbons (Fsp3) is 0.364. The second kappa shape index (κ2) is 7.34. The van der Waals surface area contributed by atoms with Crippen LogP contribution in [0, 0.1) is 0 Å². The number of rotatable bonds is 2. The first kappa shape index (κ1) is 20.8. The van der Waals surface area contributed by atoms with Crippen LogP contribution >= 0.6 is 15.9 Å². The number of aromatic nitrogens is 2. The van der Waals surface area contributed by atoms with Gasteiger partial charge in [-0.15, -0.1) is 0 Å². The van der Waals surface area contributed by atoms with Crippen LogP contribution < -0.4 is 0 Å². The van der Waals surface area contributed by atoms with Crippen molar-refractivity contribution in [2.75, 3.05) is 6.54 Å². The molecular formula is C22H22BrF2N3O2. The van der Waals surface area contributed by atoms with Gasteiger partial charge in [0.15, 0.2) is 0 Å². The van der Waals surface area contributed by atoms with E-state index in [0.717, 1.165) is 25.7 Å². The summed E-state index contributed by atoms with van der Waals surface area (Å²) in [7, 11) is 0. The molecule has 1 atom stereocenters. The monoisotopic (exact) mass is 477 g/mol. The Morgan fingerprint density at radius 2 is 1.93 bits per heavy atom. The highest BCUT2D eigenvalue weighted by Gasteiger charge is 2.49. The third-order valence-electron chi connectivity index (χ3n) is 4.92. The Morgan fingerprint density at radius 1 is 1.23 bits per heavy atom. The lowest BCUT2D eigenvalue weighted by Crippen LogP contribution is -2.38. The first-order valence-electron chi connectivity index (χ1n) is 9.63. The molecule has 0 saturated carbocycles. The van der Waals surface area contributed by atoms with Crippen molar-refractivity contribution in [1.82, 2.24) is 14.9 Å². The number of hydrogen-bond donors (Lipinski definition) is 1. The molecule has 8 heteroatoms. The molecule has 2 aromatic carbocycles. The summed E-state index contributed by atoms with van der Waals surface area (Å²) < 4.78 is 34.7. The Labute approximate surface area is 181 Å². The molecule has 0 aliphatic carbocycles. The van der Waals surface area contributed by atoms with Gasteiger partial charge in [-0.05, 0) is 49.7 Å². The van der Waals surface area contributed by atoms with Crippen LogP contribution in [-0.2, 0) is 4.74 Å². The predicted molar refractivity (Wildman–Crippen MR) is 114 cm³/mol. The smallest absolute Gasteiger partial charge is 0.411 e. The molecule has 0 bridgehead atoms. The molecule has 0 spiro atoms. The van der Waals surface area contributed by atoms with Gasteiger partial charge in [-0.2, -0.15) is 0 Å². The van der Waals surface area contributed by atoms with E-state index in [0.29, 0.717) is 11.5 Å². The fourth-order valence-corrected chi connectivity index (χ4v) is 3.99. The van der Waals surface area contributed by atoms with Gasteiger partial charge in [-0.1, -0.05) is 34.1 Å². The molecule has 1 fully saturated rings. The quantitative estimate of drug-likeness (QED) is 0.470. The maximum atomic E-state index is 14.2. The summed E-state index contributed by atoms with van der Waals surface area (Å²) in [5, 5.41) is 2.13. The number of amides is 1. The van der Waals surface area contributed by atoms with E-state index in [1.807, 2.05) is 36.4 Å². The lowest BCUT2D eigenvalue weighted by molar-refractivity contribution is -0.00248. The number of likely N-dealkylation sites (tertiary alicyclic amines) is 1.